The number of hydrogen-bond acceptors (Lipinski definition) is 6. The van der Waals surface area contributed by atoms with Crippen molar-refractivity contribution >= 4 is 49.2 Å². The monoisotopic (exact) mass is 482 g/mol. The molecule has 5 rings (SSSR count). The van der Waals surface area contributed by atoms with Gasteiger partial charge in [0.1, 0.15) is 24.0 Å². The van der Waals surface area contributed by atoms with Crippen LogP contribution >= 0.6 is 15.9 Å². The first-order valence-electron chi connectivity index (χ1n) is 10.1. The van der Waals surface area contributed by atoms with Gasteiger partial charge in [0, 0.05) is 22.0 Å². The lowest BCUT2D eigenvalue weighted by molar-refractivity contribution is -0.0832. The molecule has 0 spiro atoms. The van der Waals surface area contributed by atoms with Gasteiger partial charge in [0.2, 0.25) is 0 Å². The molecular weight excluding hydrogens is 463 g/mol. The molecule has 6 nitrogen and oxygen atoms in total. The number of ether oxygens (including phenoxy) is 2. The molecule has 31 heavy (non-hydrogen) atoms. The van der Waals surface area contributed by atoms with Gasteiger partial charge in [-0.05, 0) is 42.8 Å². The number of rotatable bonds is 6. The Hall–Kier alpha value is -2.84. The van der Waals surface area contributed by atoms with Crippen molar-refractivity contribution in [1.82, 2.24) is 15.0 Å². The number of benzene rings is 2. The Morgan fingerprint density at radius 2 is 2.06 bits per heavy atom. The predicted octanol–water partition coefficient (Wildman–Crippen LogP) is 5.63. The third kappa shape index (κ3) is 3.81. The second kappa shape index (κ2) is 8.36. The number of fused-ring (bicyclic) bond motifs is 2. The summed E-state index contributed by atoms with van der Waals surface area (Å²) in [4.78, 5) is 13.0. The molecule has 0 aliphatic carbocycles. The van der Waals surface area contributed by atoms with Gasteiger partial charge in [-0.2, -0.15) is 0 Å². The normalized spacial score (nSPS) is 15.1. The van der Waals surface area contributed by atoms with E-state index in [1.54, 1.807) is 30.5 Å². The molecule has 4 aromatic rings. The first-order chi connectivity index (χ1) is 15.1. The van der Waals surface area contributed by atoms with Crippen LogP contribution < -0.4 is 10.1 Å². The highest BCUT2D eigenvalue weighted by Crippen LogP contribution is 2.37. The minimum absolute atomic E-state index is 0.0165. The first-order valence-corrected chi connectivity index (χ1v) is 10.9. The van der Waals surface area contributed by atoms with E-state index < -0.39 is 0 Å². The van der Waals surface area contributed by atoms with Gasteiger partial charge in [-0.15, -0.1) is 0 Å². The summed E-state index contributed by atoms with van der Waals surface area (Å²) in [5, 5.41) is 4.29. The lowest BCUT2D eigenvalue weighted by Crippen LogP contribution is -2.40. The average molecular weight is 483 g/mol. The second-order valence-corrected chi connectivity index (χ2v) is 8.42. The van der Waals surface area contributed by atoms with Crippen molar-refractivity contribution in [3.8, 4) is 5.75 Å². The van der Waals surface area contributed by atoms with Crippen molar-refractivity contribution in [1.29, 1.82) is 0 Å². The summed E-state index contributed by atoms with van der Waals surface area (Å²) in [5.74, 6) is 1.10. The van der Waals surface area contributed by atoms with E-state index in [1.165, 1.54) is 6.33 Å². The van der Waals surface area contributed by atoms with Crippen molar-refractivity contribution in [2.75, 3.05) is 18.5 Å². The van der Waals surface area contributed by atoms with E-state index >= 15 is 4.39 Å². The van der Waals surface area contributed by atoms with E-state index in [9.17, 15) is 0 Å². The van der Waals surface area contributed by atoms with E-state index in [-0.39, 0.29) is 11.9 Å². The maximum atomic E-state index is 15.1. The summed E-state index contributed by atoms with van der Waals surface area (Å²) in [5.41, 5.74) is 1.61. The molecule has 1 aliphatic rings. The summed E-state index contributed by atoms with van der Waals surface area (Å²) in [6.45, 7) is 3.49. The highest BCUT2D eigenvalue weighted by molar-refractivity contribution is 9.10. The average Bonchev–Trinajstić information content (AvgIpc) is 2.74. The number of nitrogens with zero attached hydrogens (tertiary/aromatic N) is 3. The van der Waals surface area contributed by atoms with Gasteiger partial charge >= 0.3 is 0 Å². The van der Waals surface area contributed by atoms with Crippen LogP contribution in [-0.4, -0.2) is 34.3 Å². The number of anilines is 2. The van der Waals surface area contributed by atoms with Crippen molar-refractivity contribution in [3.05, 3.63) is 59.2 Å². The van der Waals surface area contributed by atoms with Crippen LogP contribution in [0.2, 0.25) is 0 Å². The van der Waals surface area contributed by atoms with Gasteiger partial charge in [-0.3, -0.25) is 4.98 Å². The molecule has 2 aromatic heterocycles. The Morgan fingerprint density at radius 1 is 1.19 bits per heavy atom. The van der Waals surface area contributed by atoms with Gasteiger partial charge in [0.15, 0.2) is 5.82 Å². The van der Waals surface area contributed by atoms with E-state index in [2.05, 4.69) is 43.1 Å². The van der Waals surface area contributed by atoms with E-state index in [1.807, 2.05) is 12.1 Å². The summed E-state index contributed by atoms with van der Waals surface area (Å²) in [6.07, 6.45) is 3.97. The van der Waals surface area contributed by atoms with Crippen LogP contribution in [0.25, 0.3) is 21.8 Å². The highest BCUT2D eigenvalue weighted by atomic mass is 79.9. The Bertz CT molecular complexity index is 1270. The fourth-order valence-electron chi connectivity index (χ4n) is 3.79. The minimum Gasteiger partial charge on any atom is -0.489 e. The Balaban J connectivity index is 1.58. The Kier molecular flexibility index (Phi) is 5.41. The van der Waals surface area contributed by atoms with Crippen molar-refractivity contribution < 1.29 is 13.9 Å². The summed E-state index contributed by atoms with van der Waals surface area (Å²) in [6, 6.07) is 10.7. The molecule has 158 valence electrons. The zero-order chi connectivity index (χ0) is 21.4. The van der Waals surface area contributed by atoms with Crippen LogP contribution in [0, 0.1) is 11.7 Å². The molecule has 0 bridgehead atoms. The fourth-order valence-corrected chi connectivity index (χ4v) is 4.22. The first kappa shape index (κ1) is 20.1. The van der Waals surface area contributed by atoms with Gasteiger partial charge in [0.25, 0.3) is 0 Å². The molecule has 0 radical (unpaired) electrons. The molecule has 1 saturated heterocycles. The van der Waals surface area contributed by atoms with Crippen molar-refractivity contribution in [2.45, 2.75) is 19.4 Å². The minimum atomic E-state index is -0.380. The molecular formula is C23H20BrFN4O2. The molecule has 3 heterocycles. The molecule has 1 fully saturated rings. The van der Waals surface area contributed by atoms with Gasteiger partial charge in [-0.1, -0.05) is 22.9 Å². The zero-order valence-corrected chi connectivity index (χ0v) is 18.4. The van der Waals surface area contributed by atoms with Crippen LogP contribution in [0.15, 0.2) is 53.4 Å². The summed E-state index contributed by atoms with van der Waals surface area (Å²) < 4.78 is 27.7. The Morgan fingerprint density at radius 3 is 2.84 bits per heavy atom. The standard InChI is InChI=1S/C23H20BrFN4O2/c1-2-19(13-10-30-11-13)31-20-9-14(24)8-18-21(20)23(28-12-27-18)29-17-6-5-16-15(22(17)25)4-3-7-26-16/h3-9,12-13,19H,2,10-11H2,1H3,(H,27,28,29). The van der Waals surface area contributed by atoms with Crippen LogP contribution in [0.5, 0.6) is 5.75 Å². The maximum Gasteiger partial charge on any atom is 0.156 e. The number of aromatic nitrogens is 3. The highest BCUT2D eigenvalue weighted by Gasteiger charge is 2.29. The molecule has 1 aliphatic heterocycles. The largest absolute Gasteiger partial charge is 0.489 e. The van der Waals surface area contributed by atoms with E-state index in [0.29, 0.717) is 58.2 Å². The lowest BCUT2D eigenvalue weighted by atomic mass is 9.98. The van der Waals surface area contributed by atoms with Crippen LogP contribution in [0.3, 0.4) is 0 Å². The number of pyridine rings is 1. The molecule has 0 saturated carbocycles. The van der Waals surface area contributed by atoms with Crippen molar-refractivity contribution in [3.63, 3.8) is 0 Å². The molecule has 1 N–H and O–H groups in total. The third-order valence-corrected chi connectivity index (χ3v) is 5.97. The molecule has 2 aromatic carbocycles. The van der Waals surface area contributed by atoms with Crippen LogP contribution in [-0.2, 0) is 4.74 Å². The molecule has 0 amide bonds. The summed E-state index contributed by atoms with van der Waals surface area (Å²) >= 11 is 3.54. The summed E-state index contributed by atoms with van der Waals surface area (Å²) in [7, 11) is 0. The number of nitrogens with one attached hydrogen (secondary N) is 1. The number of halogens is 2. The van der Waals surface area contributed by atoms with Crippen LogP contribution in [0.1, 0.15) is 13.3 Å². The third-order valence-electron chi connectivity index (χ3n) is 5.51. The Labute approximate surface area is 187 Å². The fraction of sp³-hybridized carbons (Fsp3) is 0.261. The SMILES string of the molecule is CCC(Oc1cc(Br)cc2ncnc(Nc3ccc4ncccc4c3F)c12)C1COC1. The van der Waals surface area contributed by atoms with Crippen molar-refractivity contribution in [2.24, 2.45) is 5.92 Å². The molecule has 8 heteroatoms. The van der Waals surface area contributed by atoms with Crippen LogP contribution in [0.4, 0.5) is 15.9 Å². The van der Waals surface area contributed by atoms with E-state index in [4.69, 9.17) is 9.47 Å². The number of hydrogen-bond donors (Lipinski definition) is 1. The van der Waals surface area contributed by atoms with Gasteiger partial charge < -0.3 is 14.8 Å². The quantitative estimate of drug-likeness (QED) is 0.384. The maximum absolute atomic E-state index is 15.1. The molecule has 1 atom stereocenters. The van der Waals surface area contributed by atoms with Gasteiger partial charge in [0.05, 0.1) is 35.3 Å². The van der Waals surface area contributed by atoms with E-state index in [0.717, 1.165) is 10.9 Å². The van der Waals surface area contributed by atoms with Gasteiger partial charge in [-0.25, -0.2) is 14.4 Å². The zero-order valence-electron chi connectivity index (χ0n) is 16.8. The topological polar surface area (TPSA) is 69.2 Å². The lowest BCUT2D eigenvalue weighted by Gasteiger charge is -2.33. The smallest absolute Gasteiger partial charge is 0.156 e. The predicted molar refractivity (Wildman–Crippen MR) is 121 cm³/mol. The molecule has 1 unspecified atom stereocenters. The second-order valence-electron chi connectivity index (χ2n) is 7.50.